The van der Waals surface area contributed by atoms with Crippen LogP contribution in [0.15, 0.2) is 0 Å². The fourth-order valence-electron chi connectivity index (χ4n) is 3.71. The number of carboxylic acid groups (broad SMARTS) is 2. The van der Waals surface area contributed by atoms with Gasteiger partial charge < -0.3 is 10.2 Å². The van der Waals surface area contributed by atoms with Crippen molar-refractivity contribution < 1.29 is 19.8 Å². The van der Waals surface area contributed by atoms with Crippen molar-refractivity contribution >= 4 is 11.9 Å². The highest BCUT2D eigenvalue weighted by Crippen LogP contribution is 2.35. The summed E-state index contributed by atoms with van der Waals surface area (Å²) < 4.78 is 0. The number of hydrogen-bond donors (Lipinski definition) is 2. The number of carbonyl (C=O) groups is 2. The SMILES string of the molecule is CC1CCC(N2CCC(C(=O)O)C(C(=O)O)C2)CC1C. The number of carboxylic acids is 2. The fourth-order valence-corrected chi connectivity index (χ4v) is 3.71. The van der Waals surface area contributed by atoms with Crippen molar-refractivity contribution in [3.63, 3.8) is 0 Å². The third-order valence-electron chi connectivity index (χ3n) is 5.37. The summed E-state index contributed by atoms with van der Waals surface area (Å²) in [6, 6.07) is 0.429. The molecule has 0 aromatic heterocycles. The molecule has 0 bridgehead atoms. The van der Waals surface area contributed by atoms with Gasteiger partial charge in [-0.25, -0.2) is 0 Å². The van der Waals surface area contributed by atoms with Crippen LogP contribution >= 0.6 is 0 Å². The molecule has 2 fully saturated rings. The third kappa shape index (κ3) is 3.14. The maximum absolute atomic E-state index is 11.3. The quantitative estimate of drug-likeness (QED) is 0.827. The molecule has 5 nitrogen and oxygen atoms in total. The standard InChI is InChI=1S/C15H25NO4/c1-9-3-4-11(7-10(9)2)16-6-5-12(14(17)18)13(8-16)15(19)20/h9-13H,3-8H2,1-2H3,(H,17,18)(H,19,20). The number of rotatable bonds is 3. The maximum Gasteiger partial charge on any atom is 0.308 e. The third-order valence-corrected chi connectivity index (χ3v) is 5.37. The highest BCUT2D eigenvalue weighted by Gasteiger charge is 2.41. The van der Waals surface area contributed by atoms with E-state index in [9.17, 15) is 14.7 Å². The Balaban J connectivity index is 2.01. The van der Waals surface area contributed by atoms with Crippen molar-refractivity contribution in [2.45, 2.75) is 45.6 Å². The van der Waals surface area contributed by atoms with Crippen molar-refractivity contribution in [1.82, 2.24) is 4.90 Å². The minimum absolute atomic E-state index is 0.387. The molecule has 0 aromatic carbocycles. The predicted molar refractivity (Wildman–Crippen MR) is 74.4 cm³/mol. The van der Waals surface area contributed by atoms with E-state index < -0.39 is 23.8 Å². The second kappa shape index (κ2) is 6.12. The molecule has 1 saturated carbocycles. The van der Waals surface area contributed by atoms with Gasteiger partial charge in [0.25, 0.3) is 0 Å². The lowest BCUT2D eigenvalue weighted by Gasteiger charge is -2.43. The van der Waals surface area contributed by atoms with Crippen LogP contribution in [0.5, 0.6) is 0 Å². The van der Waals surface area contributed by atoms with Crippen LogP contribution in [-0.4, -0.2) is 46.2 Å². The molecule has 114 valence electrons. The molecule has 0 radical (unpaired) electrons. The topological polar surface area (TPSA) is 77.8 Å². The number of nitrogens with zero attached hydrogens (tertiary/aromatic N) is 1. The smallest absolute Gasteiger partial charge is 0.308 e. The minimum atomic E-state index is -0.973. The monoisotopic (exact) mass is 283 g/mol. The van der Waals surface area contributed by atoms with E-state index in [0.29, 0.717) is 31.5 Å². The van der Waals surface area contributed by atoms with Crippen LogP contribution in [0, 0.1) is 23.7 Å². The zero-order valence-electron chi connectivity index (χ0n) is 12.3. The van der Waals surface area contributed by atoms with Crippen LogP contribution in [-0.2, 0) is 9.59 Å². The van der Waals surface area contributed by atoms with Gasteiger partial charge in [0.1, 0.15) is 0 Å². The van der Waals surface area contributed by atoms with Gasteiger partial charge in [0.2, 0.25) is 0 Å². The molecule has 2 aliphatic rings. The minimum Gasteiger partial charge on any atom is -0.481 e. The van der Waals surface area contributed by atoms with E-state index in [1.54, 1.807) is 0 Å². The highest BCUT2D eigenvalue weighted by molar-refractivity contribution is 5.80. The summed E-state index contributed by atoms with van der Waals surface area (Å²) in [6.45, 7) is 5.64. The predicted octanol–water partition coefficient (Wildman–Crippen LogP) is 1.92. The molecule has 5 heteroatoms. The van der Waals surface area contributed by atoms with E-state index in [1.165, 1.54) is 6.42 Å². The molecular weight excluding hydrogens is 258 g/mol. The van der Waals surface area contributed by atoms with Crippen LogP contribution < -0.4 is 0 Å². The van der Waals surface area contributed by atoms with Gasteiger partial charge in [0.05, 0.1) is 11.8 Å². The number of likely N-dealkylation sites (tertiary alicyclic amines) is 1. The van der Waals surface area contributed by atoms with Crippen LogP contribution in [0.25, 0.3) is 0 Å². The first-order valence-corrected chi connectivity index (χ1v) is 7.59. The Morgan fingerprint density at radius 2 is 1.60 bits per heavy atom. The molecule has 1 aliphatic heterocycles. The first-order valence-electron chi connectivity index (χ1n) is 7.59. The lowest BCUT2D eigenvalue weighted by Crippen LogP contribution is -2.51. The summed E-state index contributed by atoms with van der Waals surface area (Å²) in [7, 11) is 0. The molecule has 1 heterocycles. The first-order chi connectivity index (χ1) is 9.40. The van der Waals surface area contributed by atoms with Crippen molar-refractivity contribution in [2.75, 3.05) is 13.1 Å². The summed E-state index contributed by atoms with van der Waals surface area (Å²) >= 11 is 0. The van der Waals surface area contributed by atoms with Gasteiger partial charge in [-0.2, -0.15) is 0 Å². The van der Waals surface area contributed by atoms with E-state index >= 15 is 0 Å². The Labute approximate surface area is 120 Å². The highest BCUT2D eigenvalue weighted by atomic mass is 16.4. The Hall–Kier alpha value is -1.10. The Kier molecular flexibility index (Phi) is 4.68. The van der Waals surface area contributed by atoms with Gasteiger partial charge in [-0.05, 0) is 44.1 Å². The summed E-state index contributed by atoms with van der Waals surface area (Å²) in [6.07, 6.45) is 3.84. The van der Waals surface area contributed by atoms with E-state index in [1.807, 2.05) is 0 Å². The molecule has 1 saturated heterocycles. The van der Waals surface area contributed by atoms with E-state index in [0.717, 1.165) is 18.8 Å². The molecule has 1 aliphatic carbocycles. The van der Waals surface area contributed by atoms with Crippen molar-refractivity contribution in [3.8, 4) is 0 Å². The lowest BCUT2D eigenvalue weighted by atomic mass is 9.77. The van der Waals surface area contributed by atoms with Gasteiger partial charge in [-0.1, -0.05) is 13.8 Å². The van der Waals surface area contributed by atoms with Crippen LogP contribution in [0.4, 0.5) is 0 Å². The summed E-state index contributed by atoms with van der Waals surface area (Å²) in [5, 5.41) is 18.4. The molecule has 5 unspecified atom stereocenters. The number of aliphatic carboxylic acids is 2. The molecule has 0 spiro atoms. The summed E-state index contributed by atoms with van der Waals surface area (Å²) in [5.74, 6) is -2.05. The van der Waals surface area contributed by atoms with Crippen molar-refractivity contribution in [2.24, 2.45) is 23.7 Å². The van der Waals surface area contributed by atoms with Crippen LogP contribution in [0.3, 0.4) is 0 Å². The zero-order valence-corrected chi connectivity index (χ0v) is 12.3. The van der Waals surface area contributed by atoms with E-state index in [4.69, 9.17) is 5.11 Å². The number of hydrogen-bond acceptors (Lipinski definition) is 3. The molecule has 0 amide bonds. The normalized spacial score (nSPS) is 39.4. The van der Waals surface area contributed by atoms with Gasteiger partial charge in [0, 0.05) is 12.6 Å². The average molecular weight is 283 g/mol. The Bertz CT molecular complexity index is 384. The van der Waals surface area contributed by atoms with Gasteiger partial charge in [0.15, 0.2) is 0 Å². The van der Waals surface area contributed by atoms with Crippen molar-refractivity contribution in [3.05, 3.63) is 0 Å². The first kappa shape index (κ1) is 15.3. The Morgan fingerprint density at radius 3 is 2.15 bits per heavy atom. The van der Waals surface area contributed by atoms with Crippen LogP contribution in [0.2, 0.25) is 0 Å². The second-order valence-electron chi connectivity index (χ2n) is 6.59. The van der Waals surface area contributed by atoms with Gasteiger partial charge >= 0.3 is 11.9 Å². The molecule has 5 atom stereocenters. The molecule has 20 heavy (non-hydrogen) atoms. The fraction of sp³-hybridized carbons (Fsp3) is 0.867. The van der Waals surface area contributed by atoms with Gasteiger partial charge in [-0.3, -0.25) is 14.5 Å². The van der Waals surface area contributed by atoms with Crippen LogP contribution in [0.1, 0.15) is 39.5 Å². The number of piperidine rings is 1. The Morgan fingerprint density at radius 1 is 0.950 bits per heavy atom. The summed E-state index contributed by atoms with van der Waals surface area (Å²) in [5.41, 5.74) is 0. The van der Waals surface area contributed by atoms with Crippen molar-refractivity contribution in [1.29, 1.82) is 0 Å². The average Bonchev–Trinajstić information content (AvgIpc) is 2.41. The largest absolute Gasteiger partial charge is 0.481 e. The van der Waals surface area contributed by atoms with Gasteiger partial charge in [-0.15, -0.1) is 0 Å². The maximum atomic E-state index is 11.3. The van der Waals surface area contributed by atoms with E-state index in [2.05, 4.69) is 18.7 Å². The molecule has 0 aromatic rings. The molecule has 2 rings (SSSR count). The summed E-state index contributed by atoms with van der Waals surface area (Å²) in [4.78, 5) is 24.7. The lowest BCUT2D eigenvalue weighted by molar-refractivity contribution is -0.158. The second-order valence-corrected chi connectivity index (χ2v) is 6.59. The molecule has 2 N–H and O–H groups in total. The molecular formula is C15H25NO4. The van der Waals surface area contributed by atoms with E-state index in [-0.39, 0.29) is 0 Å². The zero-order chi connectivity index (χ0) is 14.9.